The zero-order valence-electron chi connectivity index (χ0n) is 12.9. The molecule has 3 nitrogen and oxygen atoms in total. The highest BCUT2D eigenvalue weighted by atomic mass is 15.3. The molecule has 1 atom stereocenters. The Morgan fingerprint density at radius 1 is 1.11 bits per heavy atom. The van der Waals surface area contributed by atoms with Gasteiger partial charge in [0.1, 0.15) is 0 Å². The summed E-state index contributed by atoms with van der Waals surface area (Å²) < 4.78 is 2.21. The van der Waals surface area contributed by atoms with Gasteiger partial charge >= 0.3 is 0 Å². The van der Waals surface area contributed by atoms with E-state index in [2.05, 4.69) is 44.6 Å². The van der Waals surface area contributed by atoms with Gasteiger partial charge in [0.2, 0.25) is 0 Å². The fourth-order valence-corrected chi connectivity index (χ4v) is 2.74. The molecule has 0 radical (unpaired) electrons. The Balaban J connectivity index is 2.99. The first kappa shape index (κ1) is 15.2. The lowest BCUT2D eigenvalue weighted by molar-refractivity contribution is 0.389. The van der Waals surface area contributed by atoms with Gasteiger partial charge < -0.3 is 5.32 Å². The van der Waals surface area contributed by atoms with E-state index in [0.29, 0.717) is 6.04 Å². The minimum Gasteiger partial charge on any atom is -0.313 e. The summed E-state index contributed by atoms with van der Waals surface area (Å²) in [6, 6.07) is 0.431. The molecule has 1 N–H and O–H groups in total. The maximum atomic E-state index is 4.74. The maximum Gasteiger partial charge on any atom is 0.0644 e. The smallest absolute Gasteiger partial charge is 0.0644 e. The molecule has 1 aromatic rings. The highest BCUT2D eigenvalue weighted by Crippen LogP contribution is 2.25. The van der Waals surface area contributed by atoms with Crippen molar-refractivity contribution >= 4 is 0 Å². The minimum absolute atomic E-state index is 0.431. The lowest BCUT2D eigenvalue weighted by Gasteiger charge is -2.16. The summed E-state index contributed by atoms with van der Waals surface area (Å²) in [7, 11) is 2.03. The Morgan fingerprint density at radius 2 is 1.72 bits per heavy atom. The Labute approximate surface area is 112 Å². The fraction of sp³-hybridized carbons (Fsp3) is 0.800. The van der Waals surface area contributed by atoms with Crippen LogP contribution in [0.3, 0.4) is 0 Å². The van der Waals surface area contributed by atoms with Crippen molar-refractivity contribution in [1.82, 2.24) is 15.1 Å². The second kappa shape index (κ2) is 6.93. The molecule has 104 valence electrons. The molecule has 0 aliphatic carbocycles. The van der Waals surface area contributed by atoms with E-state index < -0.39 is 0 Å². The van der Waals surface area contributed by atoms with Crippen molar-refractivity contribution in [3.8, 4) is 0 Å². The van der Waals surface area contributed by atoms with Crippen molar-refractivity contribution in [1.29, 1.82) is 0 Å². The van der Waals surface area contributed by atoms with Crippen LogP contribution in [0.1, 0.15) is 63.0 Å². The first-order chi connectivity index (χ1) is 8.58. The third-order valence-electron chi connectivity index (χ3n) is 4.13. The number of rotatable bonds is 7. The minimum atomic E-state index is 0.431. The van der Waals surface area contributed by atoms with E-state index in [4.69, 9.17) is 5.10 Å². The van der Waals surface area contributed by atoms with Crippen LogP contribution in [-0.2, 0) is 6.54 Å². The van der Waals surface area contributed by atoms with Crippen molar-refractivity contribution in [2.45, 2.75) is 66.5 Å². The number of nitrogens with one attached hydrogen (secondary N) is 1. The molecule has 0 aliphatic rings. The topological polar surface area (TPSA) is 29.9 Å². The molecule has 0 saturated carbocycles. The second-order valence-electron chi connectivity index (χ2n) is 5.20. The molecule has 1 rings (SSSR count). The van der Waals surface area contributed by atoms with Gasteiger partial charge in [-0.2, -0.15) is 5.10 Å². The Bertz CT molecular complexity index is 360. The van der Waals surface area contributed by atoms with E-state index in [0.717, 1.165) is 18.9 Å². The Hall–Kier alpha value is -0.830. The van der Waals surface area contributed by atoms with E-state index in [1.54, 1.807) is 0 Å². The number of hydrogen-bond acceptors (Lipinski definition) is 2. The second-order valence-corrected chi connectivity index (χ2v) is 5.20. The largest absolute Gasteiger partial charge is 0.313 e. The summed E-state index contributed by atoms with van der Waals surface area (Å²) in [5.74, 6) is 0.741. The van der Waals surface area contributed by atoms with E-state index in [1.807, 2.05) is 7.05 Å². The summed E-state index contributed by atoms with van der Waals surface area (Å²) >= 11 is 0. The molecule has 0 aromatic carbocycles. The monoisotopic (exact) mass is 251 g/mol. The molecule has 1 heterocycles. The molecular formula is C15H29N3. The average molecular weight is 251 g/mol. The predicted octanol–water partition coefficient (Wildman–Crippen LogP) is 3.61. The van der Waals surface area contributed by atoms with Gasteiger partial charge in [-0.3, -0.25) is 4.68 Å². The van der Waals surface area contributed by atoms with Crippen LogP contribution in [0.4, 0.5) is 0 Å². The van der Waals surface area contributed by atoms with Crippen molar-refractivity contribution in [3.63, 3.8) is 0 Å². The van der Waals surface area contributed by atoms with Crippen LogP contribution in [0.25, 0.3) is 0 Å². The first-order valence-corrected chi connectivity index (χ1v) is 7.30. The molecule has 1 unspecified atom stereocenters. The predicted molar refractivity (Wildman–Crippen MR) is 77.9 cm³/mol. The van der Waals surface area contributed by atoms with Crippen LogP contribution in [0.5, 0.6) is 0 Å². The van der Waals surface area contributed by atoms with Crippen LogP contribution < -0.4 is 5.32 Å². The van der Waals surface area contributed by atoms with E-state index in [-0.39, 0.29) is 0 Å². The van der Waals surface area contributed by atoms with Crippen LogP contribution in [0.2, 0.25) is 0 Å². The summed E-state index contributed by atoms with van der Waals surface area (Å²) in [6.45, 7) is 12.1. The van der Waals surface area contributed by atoms with Gasteiger partial charge in [0.05, 0.1) is 5.69 Å². The highest BCUT2D eigenvalue weighted by Gasteiger charge is 2.19. The van der Waals surface area contributed by atoms with Crippen molar-refractivity contribution < 1.29 is 0 Å². The standard InChI is InChI=1S/C15H29N3/c1-7-13(8-2)10-18-12(5)15(11(4)17-18)14(9-3)16-6/h13-14,16H,7-10H2,1-6H3. The highest BCUT2D eigenvalue weighted by molar-refractivity contribution is 5.28. The third kappa shape index (κ3) is 3.14. The van der Waals surface area contributed by atoms with Crippen LogP contribution >= 0.6 is 0 Å². The maximum absolute atomic E-state index is 4.74. The van der Waals surface area contributed by atoms with E-state index >= 15 is 0 Å². The fourth-order valence-electron chi connectivity index (χ4n) is 2.74. The van der Waals surface area contributed by atoms with Gasteiger partial charge in [0.15, 0.2) is 0 Å². The lowest BCUT2D eigenvalue weighted by Crippen LogP contribution is -2.17. The molecule has 0 fully saturated rings. The van der Waals surface area contributed by atoms with Gasteiger partial charge in [-0.05, 0) is 33.2 Å². The number of aryl methyl sites for hydroxylation is 1. The van der Waals surface area contributed by atoms with E-state index in [9.17, 15) is 0 Å². The molecule has 1 aromatic heterocycles. The molecule has 0 spiro atoms. The molecule has 0 aliphatic heterocycles. The van der Waals surface area contributed by atoms with Crippen LogP contribution in [-0.4, -0.2) is 16.8 Å². The van der Waals surface area contributed by atoms with Crippen LogP contribution in [0.15, 0.2) is 0 Å². The third-order valence-corrected chi connectivity index (χ3v) is 4.13. The SMILES string of the molecule is CCC(CC)Cn1nc(C)c(C(CC)NC)c1C. The Kier molecular flexibility index (Phi) is 5.86. The molecular weight excluding hydrogens is 222 g/mol. The summed E-state index contributed by atoms with van der Waals surface area (Å²) in [6.07, 6.45) is 3.57. The van der Waals surface area contributed by atoms with Gasteiger partial charge in [0.25, 0.3) is 0 Å². The van der Waals surface area contributed by atoms with Crippen molar-refractivity contribution in [3.05, 3.63) is 17.0 Å². The zero-order chi connectivity index (χ0) is 13.7. The van der Waals surface area contributed by atoms with Crippen molar-refractivity contribution in [2.75, 3.05) is 7.05 Å². The molecule has 0 amide bonds. The number of aromatic nitrogens is 2. The number of nitrogens with zero attached hydrogens (tertiary/aromatic N) is 2. The van der Waals surface area contributed by atoms with Gasteiger partial charge in [-0.25, -0.2) is 0 Å². The van der Waals surface area contributed by atoms with Gasteiger partial charge in [0, 0.05) is 23.8 Å². The first-order valence-electron chi connectivity index (χ1n) is 7.30. The summed E-state index contributed by atoms with van der Waals surface area (Å²) in [5.41, 5.74) is 3.91. The van der Waals surface area contributed by atoms with Gasteiger partial charge in [-0.1, -0.05) is 33.6 Å². The molecule has 18 heavy (non-hydrogen) atoms. The van der Waals surface area contributed by atoms with E-state index in [1.165, 1.54) is 29.8 Å². The van der Waals surface area contributed by atoms with Crippen molar-refractivity contribution in [2.24, 2.45) is 5.92 Å². The molecule has 0 saturated heterocycles. The number of hydrogen-bond donors (Lipinski definition) is 1. The van der Waals surface area contributed by atoms with Gasteiger partial charge in [-0.15, -0.1) is 0 Å². The average Bonchev–Trinajstić information content (AvgIpc) is 2.65. The molecule has 0 bridgehead atoms. The normalized spacial score (nSPS) is 13.3. The zero-order valence-corrected chi connectivity index (χ0v) is 12.9. The molecule has 3 heteroatoms. The Morgan fingerprint density at radius 3 is 2.17 bits per heavy atom. The summed E-state index contributed by atoms with van der Waals surface area (Å²) in [5, 5.41) is 8.13. The summed E-state index contributed by atoms with van der Waals surface area (Å²) in [4.78, 5) is 0. The lowest BCUT2D eigenvalue weighted by atomic mass is 10.0. The van der Waals surface area contributed by atoms with Crippen LogP contribution in [0, 0.1) is 19.8 Å². The quantitative estimate of drug-likeness (QED) is 0.802.